The van der Waals surface area contributed by atoms with Crippen LogP contribution < -0.4 is 10.1 Å². The maximum absolute atomic E-state index is 12.7. The number of para-hydroxylation sites is 1. The van der Waals surface area contributed by atoms with E-state index in [9.17, 15) is 4.79 Å². The van der Waals surface area contributed by atoms with Gasteiger partial charge in [0.2, 0.25) is 0 Å². The predicted octanol–water partition coefficient (Wildman–Crippen LogP) is 3.13. The minimum atomic E-state index is 0. The highest BCUT2D eigenvalue weighted by atomic mass is 35.5. The van der Waals surface area contributed by atoms with Gasteiger partial charge in [0.1, 0.15) is 12.4 Å². The summed E-state index contributed by atoms with van der Waals surface area (Å²) >= 11 is 0. The third-order valence-corrected chi connectivity index (χ3v) is 4.18. The van der Waals surface area contributed by atoms with E-state index in [1.807, 2.05) is 36.2 Å². The topological polar surface area (TPSA) is 41.6 Å². The first kappa shape index (κ1) is 19.5. The molecule has 1 aromatic rings. The van der Waals surface area contributed by atoms with Gasteiger partial charge in [-0.2, -0.15) is 0 Å². The van der Waals surface area contributed by atoms with Crippen LogP contribution in [0, 0.1) is 5.92 Å². The third kappa shape index (κ3) is 5.56. The molecule has 128 valence electrons. The van der Waals surface area contributed by atoms with E-state index in [4.69, 9.17) is 4.74 Å². The molecule has 2 rings (SSSR count). The summed E-state index contributed by atoms with van der Waals surface area (Å²) in [6.07, 6.45) is 5.05. The van der Waals surface area contributed by atoms with Gasteiger partial charge in [-0.15, -0.1) is 12.4 Å². The molecule has 23 heavy (non-hydrogen) atoms. The minimum Gasteiger partial charge on any atom is -0.489 e. The summed E-state index contributed by atoms with van der Waals surface area (Å²) in [7, 11) is 1.98. The van der Waals surface area contributed by atoms with Crippen molar-refractivity contribution in [3.8, 4) is 5.75 Å². The van der Waals surface area contributed by atoms with Crippen molar-refractivity contribution >= 4 is 18.3 Å². The second-order valence-corrected chi connectivity index (χ2v) is 5.72. The number of likely N-dealkylation sites (tertiary alicyclic amines) is 1. The number of amides is 1. The summed E-state index contributed by atoms with van der Waals surface area (Å²) in [6.45, 7) is 6.79. The monoisotopic (exact) mass is 338 g/mol. The molecular weight excluding hydrogens is 312 g/mol. The molecule has 1 aromatic carbocycles. The lowest BCUT2D eigenvalue weighted by Crippen LogP contribution is -2.39. The maximum atomic E-state index is 12.7. The van der Waals surface area contributed by atoms with Crippen molar-refractivity contribution in [2.75, 3.05) is 33.3 Å². The number of nitrogens with zero attached hydrogens (tertiary/aromatic N) is 1. The first-order valence-corrected chi connectivity index (χ1v) is 8.03. The molecule has 1 fully saturated rings. The number of carbonyl (C=O) groups excluding carboxylic acids is 1. The lowest BCUT2D eigenvalue weighted by atomic mass is 9.93. The molecule has 1 saturated heterocycles. The van der Waals surface area contributed by atoms with Crippen LogP contribution in [0.4, 0.5) is 0 Å². The van der Waals surface area contributed by atoms with E-state index in [0.29, 0.717) is 17.9 Å². The number of benzene rings is 1. The Labute approximate surface area is 145 Å². The molecule has 1 heterocycles. The number of piperidine rings is 1. The van der Waals surface area contributed by atoms with Crippen LogP contribution in [0.2, 0.25) is 0 Å². The number of hydrogen-bond acceptors (Lipinski definition) is 3. The van der Waals surface area contributed by atoms with Crippen LogP contribution >= 0.6 is 12.4 Å². The van der Waals surface area contributed by atoms with Crippen LogP contribution in [0.3, 0.4) is 0 Å². The Hall–Kier alpha value is -1.52. The molecule has 0 radical (unpaired) electrons. The first-order valence-electron chi connectivity index (χ1n) is 8.03. The van der Waals surface area contributed by atoms with Gasteiger partial charge in [0.15, 0.2) is 0 Å². The number of carbonyl (C=O) groups is 1. The van der Waals surface area contributed by atoms with Gasteiger partial charge in [-0.1, -0.05) is 24.8 Å². The van der Waals surface area contributed by atoms with Gasteiger partial charge in [0.05, 0.1) is 5.56 Å². The van der Waals surface area contributed by atoms with Gasteiger partial charge in [0.25, 0.3) is 5.91 Å². The molecule has 4 nitrogen and oxygen atoms in total. The third-order valence-electron chi connectivity index (χ3n) is 4.18. The lowest BCUT2D eigenvalue weighted by Gasteiger charge is -2.32. The predicted molar refractivity (Wildman–Crippen MR) is 96.6 cm³/mol. The highest BCUT2D eigenvalue weighted by Crippen LogP contribution is 2.25. The molecule has 1 aliphatic heterocycles. The van der Waals surface area contributed by atoms with Gasteiger partial charge in [-0.3, -0.25) is 4.79 Å². The quantitative estimate of drug-likeness (QED) is 0.777. The summed E-state index contributed by atoms with van der Waals surface area (Å²) in [5.74, 6) is 1.44. The van der Waals surface area contributed by atoms with Gasteiger partial charge in [0, 0.05) is 13.1 Å². The lowest BCUT2D eigenvalue weighted by molar-refractivity contribution is 0.0683. The zero-order valence-corrected chi connectivity index (χ0v) is 14.6. The van der Waals surface area contributed by atoms with Crippen molar-refractivity contribution < 1.29 is 9.53 Å². The summed E-state index contributed by atoms with van der Waals surface area (Å²) in [4.78, 5) is 14.7. The van der Waals surface area contributed by atoms with Crippen molar-refractivity contribution in [1.29, 1.82) is 0 Å². The largest absolute Gasteiger partial charge is 0.489 e. The number of rotatable bonds is 7. The number of halogens is 1. The molecule has 0 unspecified atom stereocenters. The second kappa shape index (κ2) is 10.3. The second-order valence-electron chi connectivity index (χ2n) is 5.72. The van der Waals surface area contributed by atoms with Crippen molar-refractivity contribution in [1.82, 2.24) is 10.2 Å². The normalized spacial score (nSPS) is 14.9. The maximum Gasteiger partial charge on any atom is 0.257 e. The standard InChI is InChI=1S/C18H26N2O2.ClH/c1-3-14-22-17-7-5-4-6-16(17)18(21)20-12-9-15(10-13-20)8-11-19-2;/h3-7,15,19H,1,8-14H2,2H3;1H. The molecule has 1 amide bonds. The molecule has 1 N–H and O–H groups in total. The van der Waals surface area contributed by atoms with Crippen LogP contribution in [-0.2, 0) is 0 Å². The average molecular weight is 339 g/mol. The smallest absolute Gasteiger partial charge is 0.257 e. The van der Waals surface area contributed by atoms with Crippen molar-refractivity contribution in [2.45, 2.75) is 19.3 Å². The fraction of sp³-hybridized carbons (Fsp3) is 0.500. The van der Waals surface area contributed by atoms with Gasteiger partial charge in [-0.25, -0.2) is 0 Å². The molecule has 0 saturated carbocycles. The van der Waals surface area contributed by atoms with Gasteiger partial charge >= 0.3 is 0 Å². The molecule has 5 heteroatoms. The van der Waals surface area contributed by atoms with Crippen molar-refractivity contribution in [2.24, 2.45) is 5.92 Å². The summed E-state index contributed by atoms with van der Waals surface area (Å²) in [6, 6.07) is 7.46. The Morgan fingerprint density at radius 1 is 1.39 bits per heavy atom. The molecule has 1 aliphatic rings. The van der Waals surface area contributed by atoms with Crippen LogP contribution in [0.1, 0.15) is 29.6 Å². The highest BCUT2D eigenvalue weighted by molar-refractivity contribution is 5.97. The van der Waals surface area contributed by atoms with Crippen LogP contribution in [0.5, 0.6) is 5.75 Å². The van der Waals surface area contributed by atoms with E-state index in [1.54, 1.807) is 6.08 Å². The first-order chi connectivity index (χ1) is 10.8. The molecular formula is C18H27ClN2O2. The Morgan fingerprint density at radius 2 is 2.09 bits per heavy atom. The number of nitrogens with one attached hydrogen (secondary N) is 1. The Morgan fingerprint density at radius 3 is 2.74 bits per heavy atom. The Bertz CT molecular complexity index is 500. The van der Waals surface area contributed by atoms with E-state index in [0.717, 1.165) is 38.4 Å². The summed E-state index contributed by atoms with van der Waals surface area (Å²) in [5.41, 5.74) is 0.651. The Kier molecular flexibility index (Phi) is 8.74. The number of ether oxygens (including phenoxy) is 1. The zero-order chi connectivity index (χ0) is 15.8. The molecule has 0 aliphatic carbocycles. The van der Waals surface area contributed by atoms with Crippen molar-refractivity contribution in [3.05, 3.63) is 42.5 Å². The van der Waals surface area contributed by atoms with Crippen LogP contribution in [-0.4, -0.2) is 44.1 Å². The fourth-order valence-electron chi connectivity index (χ4n) is 2.86. The van der Waals surface area contributed by atoms with Crippen LogP contribution in [0.25, 0.3) is 0 Å². The van der Waals surface area contributed by atoms with Crippen molar-refractivity contribution in [3.63, 3.8) is 0 Å². The minimum absolute atomic E-state index is 0. The Balaban J connectivity index is 0.00000264. The molecule has 0 spiro atoms. The zero-order valence-electron chi connectivity index (χ0n) is 13.8. The van der Waals surface area contributed by atoms with E-state index in [2.05, 4.69) is 11.9 Å². The SMILES string of the molecule is C=CCOc1ccccc1C(=O)N1CCC(CCNC)CC1.Cl. The molecule has 0 atom stereocenters. The average Bonchev–Trinajstić information content (AvgIpc) is 2.58. The summed E-state index contributed by atoms with van der Waals surface area (Å²) < 4.78 is 5.60. The molecule has 0 bridgehead atoms. The molecule has 0 aromatic heterocycles. The highest BCUT2D eigenvalue weighted by Gasteiger charge is 2.25. The van der Waals surface area contributed by atoms with Gasteiger partial charge < -0.3 is 15.0 Å². The summed E-state index contributed by atoms with van der Waals surface area (Å²) in [5, 5.41) is 3.20. The van der Waals surface area contributed by atoms with Gasteiger partial charge in [-0.05, 0) is 50.9 Å². The van der Waals surface area contributed by atoms with E-state index >= 15 is 0 Å². The fourth-order valence-corrected chi connectivity index (χ4v) is 2.86. The van der Waals surface area contributed by atoms with E-state index < -0.39 is 0 Å². The number of hydrogen-bond donors (Lipinski definition) is 1. The van der Waals surface area contributed by atoms with E-state index in [1.165, 1.54) is 6.42 Å². The van der Waals surface area contributed by atoms with Crippen LogP contribution in [0.15, 0.2) is 36.9 Å². The van der Waals surface area contributed by atoms with E-state index in [-0.39, 0.29) is 18.3 Å².